The second kappa shape index (κ2) is 23.0. The summed E-state index contributed by atoms with van der Waals surface area (Å²) in [5, 5.41) is 3.50. The molecule has 1 N–H and O–H groups in total. The normalized spacial score (nSPS) is 11.5. The van der Waals surface area contributed by atoms with Crippen molar-refractivity contribution in [2.24, 2.45) is 0 Å². The van der Waals surface area contributed by atoms with Crippen LogP contribution >= 0.6 is 0 Å². The largest absolute Gasteiger partial charge is 0.315 e. The van der Waals surface area contributed by atoms with E-state index in [0.717, 1.165) is 0 Å². The molecule has 26 heavy (non-hydrogen) atoms. The Hall–Kier alpha value is -0.0400. The molecule has 0 atom stereocenters. The van der Waals surface area contributed by atoms with Gasteiger partial charge in [0.1, 0.15) is 0 Å². The lowest BCUT2D eigenvalue weighted by atomic mass is 10.0. The van der Waals surface area contributed by atoms with Gasteiger partial charge in [-0.2, -0.15) is 0 Å². The molecule has 0 rings (SSSR count). The maximum atomic E-state index is 3.50. The van der Waals surface area contributed by atoms with Gasteiger partial charge in [-0.3, -0.25) is 0 Å². The fourth-order valence-corrected chi connectivity index (χ4v) is 3.77. The highest BCUT2D eigenvalue weighted by Gasteiger charge is 1.96. The van der Waals surface area contributed by atoms with Crippen LogP contribution in [-0.4, -0.2) is 12.6 Å². The molecule has 0 saturated carbocycles. The van der Waals surface area contributed by atoms with E-state index < -0.39 is 0 Å². The zero-order valence-corrected chi connectivity index (χ0v) is 18.9. The lowest BCUT2D eigenvalue weighted by Crippen LogP contribution is -2.23. The van der Waals surface area contributed by atoms with Crippen LogP contribution in [0.2, 0.25) is 0 Å². The first-order chi connectivity index (χ1) is 12.8. The van der Waals surface area contributed by atoms with Crippen LogP contribution in [0.25, 0.3) is 0 Å². The number of nitrogens with one attached hydrogen (secondary N) is 1. The van der Waals surface area contributed by atoms with E-state index in [4.69, 9.17) is 0 Å². The third kappa shape index (κ3) is 24.0. The lowest BCUT2D eigenvalue weighted by Gasteiger charge is -2.07. The van der Waals surface area contributed by atoms with Crippen molar-refractivity contribution < 1.29 is 0 Å². The minimum absolute atomic E-state index is 0.648. The highest BCUT2D eigenvalue weighted by molar-refractivity contribution is 4.54. The van der Waals surface area contributed by atoms with Crippen molar-refractivity contribution in [3.05, 3.63) is 0 Å². The predicted octanol–water partition coefficient (Wildman–Crippen LogP) is 8.81. The molecule has 1 heteroatoms. The molecule has 0 fully saturated rings. The predicted molar refractivity (Wildman–Crippen MR) is 121 cm³/mol. The topological polar surface area (TPSA) is 12.0 Å². The van der Waals surface area contributed by atoms with E-state index in [1.165, 1.54) is 135 Å². The van der Waals surface area contributed by atoms with E-state index in [1.54, 1.807) is 0 Å². The van der Waals surface area contributed by atoms with Gasteiger partial charge in [0.25, 0.3) is 0 Å². The highest BCUT2D eigenvalue weighted by atomic mass is 14.9. The van der Waals surface area contributed by atoms with Gasteiger partial charge in [-0.1, -0.05) is 143 Å². The van der Waals surface area contributed by atoms with Crippen molar-refractivity contribution in [2.75, 3.05) is 6.54 Å². The molecule has 0 aliphatic rings. The first kappa shape index (κ1) is 26.0. The number of hydrogen-bond donors (Lipinski definition) is 1. The maximum absolute atomic E-state index is 3.50. The van der Waals surface area contributed by atoms with E-state index in [-0.39, 0.29) is 0 Å². The second-order valence-corrected chi connectivity index (χ2v) is 8.83. The number of unbranched alkanes of at least 4 members (excludes halogenated alkanes) is 19. The Bertz CT molecular complexity index is 236. The first-order valence-electron chi connectivity index (χ1n) is 12.5. The quantitative estimate of drug-likeness (QED) is 0.188. The summed E-state index contributed by atoms with van der Waals surface area (Å²) in [5.74, 6) is 0. The van der Waals surface area contributed by atoms with Gasteiger partial charge in [0.2, 0.25) is 0 Å². The Balaban J connectivity index is 2.97. The van der Waals surface area contributed by atoms with Gasteiger partial charge < -0.3 is 5.32 Å². The molecule has 0 aliphatic carbocycles. The summed E-state index contributed by atoms with van der Waals surface area (Å²) < 4.78 is 0. The molecule has 0 unspecified atom stereocenters. The Morgan fingerprint density at radius 3 is 0.962 bits per heavy atom. The standard InChI is InChI=1S/C25H53N/c1-4-5-6-7-8-9-10-11-12-13-14-15-16-17-18-19-20-21-22-23-24-26-25(2)3/h25-26H,4-24H2,1-3H3. The van der Waals surface area contributed by atoms with Crippen LogP contribution in [0.4, 0.5) is 0 Å². The van der Waals surface area contributed by atoms with Crippen molar-refractivity contribution in [3.63, 3.8) is 0 Å². The SMILES string of the molecule is CCCCCCCCCCCCCCCCCCCCCCNC(C)C. The average Bonchev–Trinajstić information content (AvgIpc) is 2.62. The van der Waals surface area contributed by atoms with Crippen LogP contribution < -0.4 is 5.32 Å². The van der Waals surface area contributed by atoms with Crippen LogP contribution in [0.3, 0.4) is 0 Å². The third-order valence-corrected chi connectivity index (χ3v) is 5.58. The molecule has 0 spiro atoms. The van der Waals surface area contributed by atoms with Gasteiger partial charge in [-0.15, -0.1) is 0 Å². The summed E-state index contributed by atoms with van der Waals surface area (Å²) in [6.07, 6.45) is 29.2. The molecule has 0 amide bonds. The Morgan fingerprint density at radius 1 is 0.423 bits per heavy atom. The smallest absolute Gasteiger partial charge is 0.00103 e. The molecule has 0 aliphatic heterocycles. The fraction of sp³-hybridized carbons (Fsp3) is 1.00. The van der Waals surface area contributed by atoms with Gasteiger partial charge in [0.15, 0.2) is 0 Å². The van der Waals surface area contributed by atoms with E-state index >= 15 is 0 Å². The Morgan fingerprint density at radius 2 is 0.692 bits per heavy atom. The fourth-order valence-electron chi connectivity index (χ4n) is 3.77. The van der Waals surface area contributed by atoms with Crippen molar-refractivity contribution in [1.29, 1.82) is 0 Å². The lowest BCUT2D eigenvalue weighted by molar-refractivity contribution is 0.513. The maximum Gasteiger partial charge on any atom is 0.00103 e. The second-order valence-electron chi connectivity index (χ2n) is 8.83. The minimum Gasteiger partial charge on any atom is -0.315 e. The summed E-state index contributed by atoms with van der Waals surface area (Å²) in [6.45, 7) is 7.97. The highest BCUT2D eigenvalue weighted by Crippen LogP contribution is 2.14. The van der Waals surface area contributed by atoms with E-state index in [2.05, 4.69) is 26.1 Å². The molecular formula is C25H53N. The zero-order chi connectivity index (χ0) is 19.1. The van der Waals surface area contributed by atoms with Gasteiger partial charge in [-0.25, -0.2) is 0 Å². The summed E-state index contributed by atoms with van der Waals surface area (Å²) in [5.41, 5.74) is 0. The molecule has 158 valence electrons. The molecule has 0 bridgehead atoms. The van der Waals surface area contributed by atoms with E-state index in [1.807, 2.05) is 0 Å². The van der Waals surface area contributed by atoms with Gasteiger partial charge in [-0.05, 0) is 13.0 Å². The minimum atomic E-state index is 0.648. The van der Waals surface area contributed by atoms with Crippen molar-refractivity contribution in [2.45, 2.75) is 155 Å². The molecule has 0 aromatic rings. The molecular weight excluding hydrogens is 314 g/mol. The average molecular weight is 368 g/mol. The van der Waals surface area contributed by atoms with Gasteiger partial charge in [0, 0.05) is 6.04 Å². The first-order valence-corrected chi connectivity index (χ1v) is 12.5. The molecule has 0 aromatic heterocycles. The summed E-state index contributed by atoms with van der Waals surface area (Å²) >= 11 is 0. The summed E-state index contributed by atoms with van der Waals surface area (Å²) in [7, 11) is 0. The monoisotopic (exact) mass is 367 g/mol. The molecule has 0 saturated heterocycles. The van der Waals surface area contributed by atoms with Crippen LogP contribution in [0.1, 0.15) is 149 Å². The summed E-state index contributed by atoms with van der Waals surface area (Å²) in [6, 6.07) is 0.648. The van der Waals surface area contributed by atoms with Crippen molar-refractivity contribution >= 4 is 0 Å². The molecule has 0 heterocycles. The van der Waals surface area contributed by atoms with Gasteiger partial charge >= 0.3 is 0 Å². The number of hydrogen-bond acceptors (Lipinski definition) is 1. The van der Waals surface area contributed by atoms with Crippen molar-refractivity contribution in [3.8, 4) is 0 Å². The van der Waals surface area contributed by atoms with Crippen LogP contribution in [0.5, 0.6) is 0 Å². The van der Waals surface area contributed by atoms with Crippen LogP contribution in [0.15, 0.2) is 0 Å². The van der Waals surface area contributed by atoms with Crippen molar-refractivity contribution in [1.82, 2.24) is 5.32 Å². The van der Waals surface area contributed by atoms with E-state index in [9.17, 15) is 0 Å². The molecule has 0 aromatic carbocycles. The third-order valence-electron chi connectivity index (χ3n) is 5.58. The van der Waals surface area contributed by atoms with Crippen LogP contribution in [-0.2, 0) is 0 Å². The summed E-state index contributed by atoms with van der Waals surface area (Å²) in [4.78, 5) is 0. The molecule has 1 nitrogen and oxygen atoms in total. The van der Waals surface area contributed by atoms with Gasteiger partial charge in [0.05, 0.1) is 0 Å². The Kier molecular flexibility index (Phi) is 23.0. The molecule has 0 radical (unpaired) electrons. The zero-order valence-electron chi connectivity index (χ0n) is 18.9. The van der Waals surface area contributed by atoms with Crippen LogP contribution in [0, 0.1) is 0 Å². The Labute approximate surface area is 167 Å². The van der Waals surface area contributed by atoms with E-state index in [0.29, 0.717) is 6.04 Å². The number of rotatable bonds is 22.